The van der Waals surface area contributed by atoms with Gasteiger partial charge in [-0.1, -0.05) is 42.5 Å². The molecule has 0 aliphatic heterocycles. The van der Waals surface area contributed by atoms with Crippen molar-refractivity contribution in [2.24, 2.45) is 5.73 Å². The molecule has 0 bridgehead atoms. The van der Waals surface area contributed by atoms with E-state index in [4.69, 9.17) is 5.73 Å². The predicted octanol–water partition coefficient (Wildman–Crippen LogP) is 3.35. The van der Waals surface area contributed by atoms with Crippen LogP contribution in [0.1, 0.15) is 21.5 Å². The molecule has 0 fully saturated rings. The Morgan fingerprint density at radius 1 is 0.973 bits per heavy atom. The fourth-order valence-electron chi connectivity index (χ4n) is 3.67. The van der Waals surface area contributed by atoms with Crippen molar-refractivity contribution < 1.29 is 27.6 Å². The number of ketones is 1. The number of carbonyl (C=O) groups is 3. The predicted molar refractivity (Wildman–Crippen MR) is 127 cm³/mol. The van der Waals surface area contributed by atoms with Crippen molar-refractivity contribution in [2.45, 2.75) is 18.6 Å². The number of benzene rings is 2. The highest BCUT2D eigenvalue weighted by molar-refractivity contribution is 6.38. The van der Waals surface area contributed by atoms with Gasteiger partial charge < -0.3 is 11.1 Å². The molecule has 188 valence electrons. The van der Waals surface area contributed by atoms with Crippen molar-refractivity contribution in [2.75, 3.05) is 0 Å². The molecule has 11 heteroatoms. The first kappa shape index (κ1) is 25.3. The molecule has 0 aliphatic rings. The van der Waals surface area contributed by atoms with Gasteiger partial charge in [0.1, 0.15) is 6.04 Å². The summed E-state index contributed by atoms with van der Waals surface area (Å²) >= 11 is 0. The fourth-order valence-corrected chi connectivity index (χ4v) is 3.67. The lowest BCUT2D eigenvalue weighted by Crippen LogP contribution is -2.47. The maximum atomic E-state index is 13.2. The quantitative estimate of drug-likeness (QED) is 0.355. The van der Waals surface area contributed by atoms with Crippen molar-refractivity contribution >= 4 is 17.6 Å². The molecule has 8 nitrogen and oxygen atoms in total. The number of carbonyl (C=O) groups excluding carboxylic acids is 3. The molecular weight excluding hydrogens is 487 g/mol. The van der Waals surface area contributed by atoms with Gasteiger partial charge in [0.05, 0.1) is 16.8 Å². The molecule has 2 amide bonds. The molecular formula is C26H20F3N5O3. The van der Waals surface area contributed by atoms with Crippen LogP contribution in [0.5, 0.6) is 0 Å². The number of nitrogens with two attached hydrogens (primary N) is 1. The second-order valence-corrected chi connectivity index (χ2v) is 8.04. The zero-order valence-electron chi connectivity index (χ0n) is 19.1. The highest BCUT2D eigenvalue weighted by Gasteiger charge is 2.31. The van der Waals surface area contributed by atoms with E-state index in [9.17, 15) is 27.6 Å². The van der Waals surface area contributed by atoms with E-state index < -0.39 is 35.4 Å². The summed E-state index contributed by atoms with van der Waals surface area (Å²) in [6, 6.07) is 16.7. The Bertz CT molecular complexity index is 1450. The molecule has 37 heavy (non-hydrogen) atoms. The molecule has 0 radical (unpaired) electrons. The molecule has 3 N–H and O–H groups in total. The second-order valence-electron chi connectivity index (χ2n) is 8.04. The van der Waals surface area contributed by atoms with Crippen LogP contribution in [0.25, 0.3) is 17.1 Å². The van der Waals surface area contributed by atoms with E-state index in [0.29, 0.717) is 5.56 Å². The lowest BCUT2D eigenvalue weighted by atomic mass is 10.0. The summed E-state index contributed by atoms with van der Waals surface area (Å²) in [6.45, 7) is 0. The van der Waals surface area contributed by atoms with Crippen LogP contribution in [0.4, 0.5) is 13.2 Å². The number of nitrogens with zero attached hydrogens (tertiary/aromatic N) is 3. The van der Waals surface area contributed by atoms with E-state index in [1.165, 1.54) is 47.4 Å². The van der Waals surface area contributed by atoms with Crippen LogP contribution in [0.3, 0.4) is 0 Å². The third kappa shape index (κ3) is 5.89. The van der Waals surface area contributed by atoms with Crippen molar-refractivity contribution in [3.63, 3.8) is 0 Å². The van der Waals surface area contributed by atoms with E-state index in [2.05, 4.69) is 15.4 Å². The number of pyridine rings is 1. The second kappa shape index (κ2) is 10.4. The molecule has 0 spiro atoms. The van der Waals surface area contributed by atoms with Crippen LogP contribution in [0, 0.1) is 0 Å². The SMILES string of the molecule is NC(=O)C(=O)C(Cc1ccccc1)NC(=O)c1cccnc1-n1ccc(-c2cccc(C(F)(F)F)c2)n1. The third-order valence-electron chi connectivity index (χ3n) is 5.47. The van der Waals surface area contributed by atoms with Gasteiger partial charge in [0, 0.05) is 24.4 Å². The minimum atomic E-state index is -4.51. The standard InChI is InChI=1S/C26H20F3N5O3/c27-26(28,29)18-9-4-8-17(15-18)20-11-13-34(33-20)24-19(10-5-12-31-24)25(37)32-21(22(35)23(30)36)14-16-6-2-1-3-7-16/h1-13,15,21H,14H2,(H2,30,36)(H,32,37). The first-order chi connectivity index (χ1) is 17.6. The van der Waals surface area contributed by atoms with Crippen LogP contribution in [0.2, 0.25) is 0 Å². The number of hydrogen-bond acceptors (Lipinski definition) is 5. The van der Waals surface area contributed by atoms with Crippen LogP contribution < -0.4 is 11.1 Å². The normalized spacial score (nSPS) is 12.1. The molecule has 1 unspecified atom stereocenters. The van der Waals surface area contributed by atoms with Crippen LogP contribution in [-0.2, 0) is 22.2 Å². The zero-order valence-corrected chi connectivity index (χ0v) is 19.1. The number of alkyl halides is 3. The average molecular weight is 507 g/mol. The number of rotatable bonds is 8. The van der Waals surface area contributed by atoms with Gasteiger partial charge in [0.2, 0.25) is 5.78 Å². The first-order valence-electron chi connectivity index (χ1n) is 11.0. The number of hydrogen-bond donors (Lipinski definition) is 2. The highest BCUT2D eigenvalue weighted by Crippen LogP contribution is 2.31. The lowest BCUT2D eigenvalue weighted by molar-refractivity contribution is -0.137. The molecule has 0 aliphatic carbocycles. The van der Waals surface area contributed by atoms with Crippen molar-refractivity contribution in [1.29, 1.82) is 0 Å². The Morgan fingerprint density at radius 3 is 2.43 bits per heavy atom. The topological polar surface area (TPSA) is 120 Å². The summed E-state index contributed by atoms with van der Waals surface area (Å²) in [4.78, 5) is 41.4. The number of primary amides is 1. The Kier molecular flexibility index (Phi) is 7.14. The van der Waals surface area contributed by atoms with Gasteiger partial charge in [-0.2, -0.15) is 18.3 Å². The van der Waals surface area contributed by atoms with E-state index in [1.807, 2.05) is 0 Å². The third-order valence-corrected chi connectivity index (χ3v) is 5.47. The Morgan fingerprint density at radius 2 is 1.73 bits per heavy atom. The van der Waals surface area contributed by atoms with E-state index >= 15 is 0 Å². The highest BCUT2D eigenvalue weighted by atomic mass is 19.4. The molecule has 0 saturated carbocycles. The Labute approximate surface area is 208 Å². The molecule has 0 saturated heterocycles. The molecule has 2 heterocycles. The summed E-state index contributed by atoms with van der Waals surface area (Å²) in [5, 5.41) is 6.83. The molecule has 1 atom stereocenters. The summed E-state index contributed by atoms with van der Waals surface area (Å²) < 4.78 is 40.6. The summed E-state index contributed by atoms with van der Waals surface area (Å²) in [5.41, 5.74) is 5.55. The van der Waals surface area contributed by atoms with Gasteiger partial charge >= 0.3 is 6.18 Å². The van der Waals surface area contributed by atoms with E-state index in [1.54, 1.807) is 30.3 Å². The van der Waals surface area contributed by atoms with Gasteiger partial charge in [-0.15, -0.1) is 0 Å². The van der Waals surface area contributed by atoms with Gasteiger partial charge in [0.25, 0.3) is 11.8 Å². The van der Waals surface area contributed by atoms with Gasteiger partial charge in [-0.05, 0) is 35.9 Å². The number of amides is 2. The average Bonchev–Trinajstić information content (AvgIpc) is 3.38. The first-order valence-corrected chi connectivity index (χ1v) is 11.0. The number of nitrogens with one attached hydrogen (secondary N) is 1. The van der Waals surface area contributed by atoms with Crippen LogP contribution in [0.15, 0.2) is 85.2 Å². The van der Waals surface area contributed by atoms with Crippen LogP contribution in [-0.4, -0.2) is 38.4 Å². The molecule has 2 aromatic carbocycles. The number of aromatic nitrogens is 3. The van der Waals surface area contributed by atoms with E-state index in [-0.39, 0.29) is 29.1 Å². The summed E-state index contributed by atoms with van der Waals surface area (Å²) in [7, 11) is 0. The lowest BCUT2D eigenvalue weighted by Gasteiger charge is -2.17. The maximum absolute atomic E-state index is 13.2. The number of Topliss-reactive ketones (excluding diaryl/α,β-unsaturated/α-hetero) is 1. The Balaban J connectivity index is 1.62. The molecule has 2 aromatic heterocycles. The van der Waals surface area contributed by atoms with Crippen molar-refractivity contribution in [1.82, 2.24) is 20.1 Å². The zero-order chi connectivity index (χ0) is 26.6. The number of halogens is 3. The van der Waals surface area contributed by atoms with Gasteiger partial charge in [-0.25, -0.2) is 9.67 Å². The largest absolute Gasteiger partial charge is 0.416 e. The summed E-state index contributed by atoms with van der Waals surface area (Å²) in [6.07, 6.45) is -1.62. The van der Waals surface area contributed by atoms with Crippen molar-refractivity contribution in [3.8, 4) is 17.1 Å². The monoisotopic (exact) mass is 507 g/mol. The van der Waals surface area contributed by atoms with Crippen LogP contribution >= 0.6 is 0 Å². The van der Waals surface area contributed by atoms with Crippen molar-refractivity contribution in [3.05, 3.63) is 102 Å². The maximum Gasteiger partial charge on any atom is 0.416 e. The van der Waals surface area contributed by atoms with Gasteiger partial charge in [0.15, 0.2) is 5.82 Å². The summed E-state index contributed by atoms with van der Waals surface area (Å²) in [5.74, 6) is -2.79. The molecule has 4 rings (SSSR count). The molecule has 4 aromatic rings. The Hall–Kier alpha value is -4.80. The minimum absolute atomic E-state index is 0.0246. The minimum Gasteiger partial charge on any atom is -0.363 e. The smallest absolute Gasteiger partial charge is 0.363 e. The van der Waals surface area contributed by atoms with Gasteiger partial charge in [-0.3, -0.25) is 14.4 Å². The van der Waals surface area contributed by atoms with E-state index in [0.717, 1.165) is 12.1 Å². The fraction of sp³-hybridized carbons (Fsp3) is 0.115.